The number of benzene rings is 1. The first-order valence-electron chi connectivity index (χ1n) is 8.04. The molecule has 0 spiro atoms. The summed E-state index contributed by atoms with van der Waals surface area (Å²) >= 11 is 0. The van der Waals surface area contributed by atoms with Crippen LogP contribution in [-0.4, -0.2) is 34.9 Å². The van der Waals surface area contributed by atoms with E-state index in [1.165, 1.54) is 12.8 Å². The molecule has 1 amide bonds. The van der Waals surface area contributed by atoms with Crippen molar-refractivity contribution in [1.82, 2.24) is 9.88 Å². The first-order chi connectivity index (χ1) is 10.6. The van der Waals surface area contributed by atoms with E-state index in [2.05, 4.69) is 22.1 Å². The number of rotatable bonds is 3. The van der Waals surface area contributed by atoms with Crippen molar-refractivity contribution in [3.63, 3.8) is 0 Å². The van der Waals surface area contributed by atoms with Crippen molar-refractivity contribution < 1.29 is 4.79 Å². The van der Waals surface area contributed by atoms with E-state index in [4.69, 9.17) is 0 Å². The van der Waals surface area contributed by atoms with E-state index in [9.17, 15) is 4.79 Å². The van der Waals surface area contributed by atoms with Gasteiger partial charge in [0.15, 0.2) is 0 Å². The highest BCUT2D eigenvalue weighted by Crippen LogP contribution is 2.23. The third-order valence-corrected chi connectivity index (χ3v) is 4.65. The zero-order chi connectivity index (χ0) is 15.5. The lowest BCUT2D eigenvalue weighted by Gasteiger charge is -2.34. The number of amides is 1. The lowest BCUT2D eigenvalue weighted by molar-refractivity contribution is -0.121. The molecule has 0 saturated carbocycles. The van der Waals surface area contributed by atoms with Crippen molar-refractivity contribution in [1.29, 1.82) is 0 Å². The summed E-state index contributed by atoms with van der Waals surface area (Å²) in [7, 11) is 0. The normalized spacial score (nSPS) is 18.3. The minimum Gasteiger partial charge on any atom is -0.324 e. The molecule has 4 nitrogen and oxygen atoms in total. The monoisotopic (exact) mass is 297 g/mol. The Labute approximate surface area is 131 Å². The number of fused-ring (bicyclic) bond motifs is 1. The zero-order valence-corrected chi connectivity index (χ0v) is 13.2. The van der Waals surface area contributed by atoms with Crippen molar-refractivity contribution in [2.24, 2.45) is 5.92 Å². The molecule has 0 bridgehead atoms. The highest BCUT2D eigenvalue weighted by Gasteiger charge is 2.25. The molecule has 2 heterocycles. The Morgan fingerprint density at radius 2 is 2.05 bits per heavy atom. The lowest BCUT2D eigenvalue weighted by Crippen LogP contribution is -2.45. The summed E-state index contributed by atoms with van der Waals surface area (Å²) < 4.78 is 0. The minimum atomic E-state index is -0.0978. The van der Waals surface area contributed by atoms with E-state index in [1.807, 2.05) is 37.3 Å². The van der Waals surface area contributed by atoms with Gasteiger partial charge in [0.2, 0.25) is 5.91 Å². The van der Waals surface area contributed by atoms with Crippen molar-refractivity contribution >= 4 is 22.5 Å². The molecule has 1 fully saturated rings. The minimum absolute atomic E-state index is 0.0610. The second kappa shape index (κ2) is 6.44. The molecular weight excluding hydrogens is 274 g/mol. The number of hydrogen-bond acceptors (Lipinski definition) is 3. The molecular formula is C18H23N3O. The second-order valence-electron chi connectivity index (χ2n) is 6.26. The number of anilines is 1. The molecule has 4 heteroatoms. The van der Waals surface area contributed by atoms with Crippen molar-refractivity contribution in [2.75, 3.05) is 18.4 Å². The smallest absolute Gasteiger partial charge is 0.241 e. The van der Waals surface area contributed by atoms with E-state index in [0.29, 0.717) is 0 Å². The molecule has 1 atom stereocenters. The molecule has 1 aromatic heterocycles. The Balaban J connectivity index is 1.73. The van der Waals surface area contributed by atoms with Crippen molar-refractivity contribution in [3.05, 3.63) is 36.5 Å². The fourth-order valence-electron chi connectivity index (χ4n) is 3.03. The number of pyridine rings is 1. The van der Waals surface area contributed by atoms with Crippen LogP contribution in [0.25, 0.3) is 10.9 Å². The van der Waals surface area contributed by atoms with Crippen LogP contribution in [0.15, 0.2) is 36.5 Å². The van der Waals surface area contributed by atoms with Crippen LogP contribution >= 0.6 is 0 Å². The molecule has 3 rings (SSSR count). The SMILES string of the molecule is CC1CCN(C(C)C(=O)Nc2cccc3ncccc23)CC1. The molecule has 1 N–H and O–H groups in total. The Kier molecular flexibility index (Phi) is 4.39. The summed E-state index contributed by atoms with van der Waals surface area (Å²) in [5, 5.41) is 4.06. The standard InChI is InChI=1S/C18H23N3O/c1-13-8-11-21(12-9-13)14(2)18(22)20-17-7-3-6-16-15(17)5-4-10-19-16/h3-7,10,13-14H,8-9,11-12H2,1-2H3,(H,20,22). The molecule has 1 unspecified atom stereocenters. The van der Waals surface area contributed by atoms with Crippen molar-refractivity contribution in [2.45, 2.75) is 32.7 Å². The molecule has 1 aromatic carbocycles. The van der Waals surface area contributed by atoms with E-state index < -0.39 is 0 Å². The van der Waals surface area contributed by atoms with E-state index in [0.717, 1.165) is 35.6 Å². The molecule has 1 saturated heterocycles. The number of aromatic nitrogens is 1. The number of carbonyl (C=O) groups is 1. The maximum atomic E-state index is 12.6. The zero-order valence-electron chi connectivity index (χ0n) is 13.2. The van der Waals surface area contributed by atoms with Crippen molar-refractivity contribution in [3.8, 4) is 0 Å². The highest BCUT2D eigenvalue weighted by atomic mass is 16.2. The molecule has 22 heavy (non-hydrogen) atoms. The van der Waals surface area contributed by atoms with Gasteiger partial charge in [-0.1, -0.05) is 13.0 Å². The van der Waals surface area contributed by atoms with Crippen LogP contribution in [0.3, 0.4) is 0 Å². The number of hydrogen-bond donors (Lipinski definition) is 1. The number of likely N-dealkylation sites (tertiary alicyclic amines) is 1. The number of nitrogens with zero attached hydrogens (tertiary/aromatic N) is 2. The Bertz CT molecular complexity index is 657. The second-order valence-corrected chi connectivity index (χ2v) is 6.26. The highest BCUT2D eigenvalue weighted by molar-refractivity contribution is 6.02. The average Bonchev–Trinajstić information content (AvgIpc) is 2.55. The summed E-state index contributed by atoms with van der Waals surface area (Å²) in [4.78, 5) is 19.2. The molecule has 0 radical (unpaired) electrons. The summed E-state index contributed by atoms with van der Waals surface area (Å²) in [5.41, 5.74) is 1.74. The number of nitrogens with one attached hydrogen (secondary N) is 1. The molecule has 0 aliphatic carbocycles. The Hall–Kier alpha value is -1.94. The van der Waals surface area contributed by atoms with Gasteiger partial charge in [-0.15, -0.1) is 0 Å². The molecule has 2 aromatic rings. The van der Waals surface area contributed by atoms with Crippen LogP contribution in [0.4, 0.5) is 5.69 Å². The van der Waals surface area contributed by atoms with Gasteiger partial charge in [0.05, 0.1) is 17.2 Å². The summed E-state index contributed by atoms with van der Waals surface area (Å²) in [6, 6.07) is 9.61. The van der Waals surface area contributed by atoms with E-state index >= 15 is 0 Å². The number of carbonyl (C=O) groups excluding carboxylic acids is 1. The predicted molar refractivity (Wildman–Crippen MR) is 89.8 cm³/mol. The third kappa shape index (κ3) is 3.12. The lowest BCUT2D eigenvalue weighted by atomic mass is 9.98. The summed E-state index contributed by atoms with van der Waals surface area (Å²) in [6.45, 7) is 6.29. The first kappa shape index (κ1) is 15.0. The van der Waals surface area contributed by atoms with Gasteiger partial charge in [-0.3, -0.25) is 14.7 Å². The van der Waals surface area contributed by atoms with Crippen LogP contribution in [0.5, 0.6) is 0 Å². The van der Waals surface area contributed by atoms with Gasteiger partial charge in [-0.25, -0.2) is 0 Å². The van der Waals surface area contributed by atoms with Gasteiger partial charge >= 0.3 is 0 Å². The van der Waals surface area contributed by atoms with Crippen LogP contribution in [0.1, 0.15) is 26.7 Å². The first-order valence-corrected chi connectivity index (χ1v) is 8.04. The Morgan fingerprint density at radius 1 is 1.27 bits per heavy atom. The third-order valence-electron chi connectivity index (χ3n) is 4.65. The maximum absolute atomic E-state index is 12.6. The fraction of sp³-hybridized carbons (Fsp3) is 0.444. The molecule has 1 aliphatic heterocycles. The summed E-state index contributed by atoms with van der Waals surface area (Å²) in [5.74, 6) is 0.835. The average molecular weight is 297 g/mol. The molecule has 1 aliphatic rings. The fourth-order valence-corrected chi connectivity index (χ4v) is 3.03. The van der Waals surface area contributed by atoms with Gasteiger partial charge in [0.1, 0.15) is 0 Å². The quantitative estimate of drug-likeness (QED) is 0.945. The van der Waals surface area contributed by atoms with Gasteiger partial charge in [0, 0.05) is 11.6 Å². The Morgan fingerprint density at radius 3 is 2.82 bits per heavy atom. The van der Waals surface area contributed by atoms with Crippen LogP contribution in [0, 0.1) is 5.92 Å². The van der Waals surface area contributed by atoms with Crippen LogP contribution in [-0.2, 0) is 4.79 Å². The van der Waals surface area contributed by atoms with Gasteiger partial charge in [0.25, 0.3) is 0 Å². The predicted octanol–water partition coefficient (Wildman–Crippen LogP) is 3.29. The van der Waals surface area contributed by atoms with Gasteiger partial charge < -0.3 is 5.32 Å². The van der Waals surface area contributed by atoms with E-state index in [-0.39, 0.29) is 11.9 Å². The van der Waals surface area contributed by atoms with Gasteiger partial charge in [-0.05, 0) is 63.0 Å². The summed E-state index contributed by atoms with van der Waals surface area (Å²) in [6.07, 6.45) is 4.12. The van der Waals surface area contributed by atoms with Crippen LogP contribution in [0.2, 0.25) is 0 Å². The molecule has 116 valence electrons. The van der Waals surface area contributed by atoms with Crippen LogP contribution < -0.4 is 5.32 Å². The van der Waals surface area contributed by atoms with Gasteiger partial charge in [-0.2, -0.15) is 0 Å². The topological polar surface area (TPSA) is 45.2 Å². The maximum Gasteiger partial charge on any atom is 0.241 e. The number of piperidine rings is 1. The largest absolute Gasteiger partial charge is 0.324 e. The van der Waals surface area contributed by atoms with E-state index in [1.54, 1.807) is 6.20 Å².